The van der Waals surface area contributed by atoms with Crippen LogP contribution in [0.5, 0.6) is 0 Å². The molecule has 0 bridgehead atoms. The summed E-state index contributed by atoms with van der Waals surface area (Å²) >= 11 is 0. The third kappa shape index (κ3) is 4.26. The van der Waals surface area contributed by atoms with E-state index < -0.39 is 0 Å². The molecule has 0 aromatic carbocycles. The average Bonchev–Trinajstić information content (AvgIpc) is 3.39. The number of nitrogens with zero attached hydrogens (tertiary/aromatic N) is 5. The Labute approximate surface area is 156 Å². The van der Waals surface area contributed by atoms with Gasteiger partial charge in [0.25, 0.3) is 0 Å². The first kappa shape index (κ1) is 17.5. The van der Waals surface area contributed by atoms with Gasteiger partial charge in [0.05, 0.1) is 18.8 Å². The van der Waals surface area contributed by atoms with E-state index in [0.717, 1.165) is 35.9 Å². The molecule has 1 saturated heterocycles. The summed E-state index contributed by atoms with van der Waals surface area (Å²) in [5, 5.41) is 10.5. The summed E-state index contributed by atoms with van der Waals surface area (Å²) in [6, 6.07) is 5.72. The van der Waals surface area contributed by atoms with Crippen LogP contribution in [-0.4, -0.2) is 50.5 Å². The topological polar surface area (TPSA) is 111 Å². The normalized spacial score (nSPS) is 16.6. The Bertz CT molecular complexity index is 878. The summed E-state index contributed by atoms with van der Waals surface area (Å²) in [4.78, 5) is 17.6. The van der Waals surface area contributed by atoms with Crippen molar-refractivity contribution < 1.29 is 9.47 Å². The van der Waals surface area contributed by atoms with Crippen LogP contribution in [0.15, 0.2) is 30.6 Å². The van der Waals surface area contributed by atoms with Gasteiger partial charge in [0.2, 0.25) is 0 Å². The molecular weight excluding hydrogens is 346 g/mol. The Kier molecular flexibility index (Phi) is 5.31. The van der Waals surface area contributed by atoms with Crippen LogP contribution in [-0.2, 0) is 22.6 Å². The van der Waals surface area contributed by atoms with E-state index in [9.17, 15) is 0 Å². The Morgan fingerprint density at radius 3 is 2.93 bits per heavy atom. The van der Waals surface area contributed by atoms with Gasteiger partial charge >= 0.3 is 0 Å². The average molecular weight is 367 g/mol. The van der Waals surface area contributed by atoms with Crippen molar-refractivity contribution in [2.45, 2.75) is 25.5 Å². The Balaban J connectivity index is 1.48. The van der Waals surface area contributed by atoms with Gasteiger partial charge in [-0.15, -0.1) is 0 Å². The molecular formula is C18H21N7O2. The summed E-state index contributed by atoms with van der Waals surface area (Å²) in [7, 11) is 1.64. The number of hydrogen-bond acceptors (Lipinski definition) is 8. The molecule has 1 aliphatic rings. The number of rotatable bonds is 7. The van der Waals surface area contributed by atoms with Gasteiger partial charge in [-0.2, -0.15) is 5.10 Å². The zero-order valence-corrected chi connectivity index (χ0v) is 15.1. The number of aromatic nitrogens is 6. The molecule has 1 aliphatic heterocycles. The molecule has 0 aliphatic carbocycles. The standard InChI is InChI=1S/C18H21N7O2/c1-26-11-17-21-14(13-4-7-27-10-13)8-15(22-17)20-9-16-23-18(25-24-16)12-2-5-19-6-3-12/h2-3,5-6,8,13H,4,7,9-11H2,1H3,(H,20,21,22)(H,23,24,25)/t13-/m0/s1. The maximum Gasteiger partial charge on any atom is 0.181 e. The molecule has 2 N–H and O–H groups in total. The van der Waals surface area contributed by atoms with E-state index in [1.54, 1.807) is 19.5 Å². The number of nitrogens with one attached hydrogen (secondary N) is 2. The Morgan fingerprint density at radius 2 is 2.15 bits per heavy atom. The third-order valence-electron chi connectivity index (χ3n) is 4.32. The van der Waals surface area contributed by atoms with E-state index >= 15 is 0 Å². The predicted octanol–water partition coefficient (Wildman–Crippen LogP) is 1.92. The van der Waals surface area contributed by atoms with Crippen LogP contribution < -0.4 is 5.32 Å². The highest BCUT2D eigenvalue weighted by atomic mass is 16.5. The number of methoxy groups -OCH3 is 1. The largest absolute Gasteiger partial charge is 0.381 e. The van der Waals surface area contributed by atoms with Crippen molar-refractivity contribution in [3.05, 3.63) is 47.9 Å². The van der Waals surface area contributed by atoms with Gasteiger partial charge in [-0.25, -0.2) is 15.0 Å². The van der Waals surface area contributed by atoms with Crippen LogP contribution in [0.25, 0.3) is 11.4 Å². The number of hydrogen-bond donors (Lipinski definition) is 2. The van der Waals surface area contributed by atoms with E-state index in [1.807, 2.05) is 18.2 Å². The first-order valence-electron chi connectivity index (χ1n) is 8.82. The van der Waals surface area contributed by atoms with Crippen molar-refractivity contribution in [2.24, 2.45) is 0 Å². The SMILES string of the molecule is COCc1nc(NCc2nc(-c3ccncc3)n[nH]2)cc([C@H]2CCOC2)n1. The Morgan fingerprint density at radius 1 is 1.26 bits per heavy atom. The minimum Gasteiger partial charge on any atom is -0.381 e. The summed E-state index contributed by atoms with van der Waals surface area (Å²) < 4.78 is 10.7. The number of H-pyrrole nitrogens is 1. The molecule has 3 aromatic heterocycles. The first-order chi connectivity index (χ1) is 13.3. The fourth-order valence-corrected chi connectivity index (χ4v) is 2.96. The highest BCUT2D eigenvalue weighted by Crippen LogP contribution is 2.25. The molecule has 4 rings (SSSR count). The molecule has 0 radical (unpaired) electrons. The van der Waals surface area contributed by atoms with E-state index in [1.165, 1.54) is 0 Å². The lowest BCUT2D eigenvalue weighted by atomic mass is 10.0. The van der Waals surface area contributed by atoms with Crippen molar-refractivity contribution in [1.82, 2.24) is 30.1 Å². The van der Waals surface area contributed by atoms with Crippen LogP contribution in [0.4, 0.5) is 5.82 Å². The van der Waals surface area contributed by atoms with Crippen molar-refractivity contribution in [3.8, 4) is 11.4 Å². The lowest BCUT2D eigenvalue weighted by Gasteiger charge is -2.12. The number of anilines is 1. The number of ether oxygens (including phenoxy) is 2. The van der Waals surface area contributed by atoms with Crippen molar-refractivity contribution in [1.29, 1.82) is 0 Å². The second-order valence-corrected chi connectivity index (χ2v) is 6.28. The van der Waals surface area contributed by atoms with Crippen molar-refractivity contribution >= 4 is 5.82 Å². The van der Waals surface area contributed by atoms with E-state index in [0.29, 0.717) is 37.3 Å². The van der Waals surface area contributed by atoms with Gasteiger partial charge < -0.3 is 14.8 Å². The van der Waals surface area contributed by atoms with Crippen LogP contribution in [0.3, 0.4) is 0 Å². The second kappa shape index (κ2) is 8.19. The fourth-order valence-electron chi connectivity index (χ4n) is 2.96. The summed E-state index contributed by atoms with van der Waals surface area (Å²) in [6.45, 7) is 2.31. The molecule has 4 heterocycles. The first-order valence-corrected chi connectivity index (χ1v) is 8.82. The minimum absolute atomic E-state index is 0.299. The molecule has 0 unspecified atom stereocenters. The Hall–Kier alpha value is -2.91. The molecule has 0 saturated carbocycles. The maximum absolute atomic E-state index is 5.49. The van der Waals surface area contributed by atoms with E-state index in [-0.39, 0.29) is 0 Å². The van der Waals surface area contributed by atoms with Gasteiger partial charge in [0, 0.05) is 43.7 Å². The van der Waals surface area contributed by atoms with Gasteiger partial charge in [0.1, 0.15) is 18.2 Å². The lowest BCUT2D eigenvalue weighted by Crippen LogP contribution is -2.10. The monoisotopic (exact) mass is 367 g/mol. The van der Waals surface area contributed by atoms with Crippen LogP contribution >= 0.6 is 0 Å². The fraction of sp³-hybridized carbons (Fsp3) is 0.389. The van der Waals surface area contributed by atoms with E-state index in [2.05, 4.69) is 35.5 Å². The summed E-state index contributed by atoms with van der Waals surface area (Å²) in [6.07, 6.45) is 4.41. The summed E-state index contributed by atoms with van der Waals surface area (Å²) in [5.41, 5.74) is 1.90. The van der Waals surface area contributed by atoms with Gasteiger partial charge in [0.15, 0.2) is 11.6 Å². The molecule has 3 aromatic rings. The quantitative estimate of drug-likeness (QED) is 0.652. The van der Waals surface area contributed by atoms with E-state index in [4.69, 9.17) is 9.47 Å². The zero-order chi connectivity index (χ0) is 18.5. The van der Waals surface area contributed by atoms with Crippen molar-refractivity contribution in [2.75, 3.05) is 25.6 Å². The van der Waals surface area contributed by atoms with Crippen LogP contribution in [0, 0.1) is 0 Å². The molecule has 9 nitrogen and oxygen atoms in total. The van der Waals surface area contributed by atoms with Crippen LogP contribution in [0.1, 0.15) is 29.7 Å². The maximum atomic E-state index is 5.49. The molecule has 140 valence electrons. The highest BCUT2D eigenvalue weighted by Gasteiger charge is 2.20. The molecule has 9 heteroatoms. The van der Waals surface area contributed by atoms with Crippen molar-refractivity contribution in [3.63, 3.8) is 0 Å². The molecule has 1 atom stereocenters. The molecule has 1 fully saturated rings. The van der Waals surface area contributed by atoms with Gasteiger partial charge in [-0.1, -0.05) is 0 Å². The minimum atomic E-state index is 0.299. The smallest absolute Gasteiger partial charge is 0.181 e. The molecule has 0 amide bonds. The number of pyridine rings is 1. The highest BCUT2D eigenvalue weighted by molar-refractivity contribution is 5.53. The summed E-state index contributed by atoms with van der Waals surface area (Å²) in [5.74, 6) is 3.05. The third-order valence-corrected chi connectivity index (χ3v) is 4.32. The zero-order valence-electron chi connectivity index (χ0n) is 15.1. The number of aromatic amines is 1. The van der Waals surface area contributed by atoms with Crippen LogP contribution in [0.2, 0.25) is 0 Å². The second-order valence-electron chi connectivity index (χ2n) is 6.28. The van der Waals surface area contributed by atoms with Gasteiger partial charge in [-0.3, -0.25) is 10.1 Å². The molecule has 0 spiro atoms. The molecule has 27 heavy (non-hydrogen) atoms. The predicted molar refractivity (Wildman–Crippen MR) is 97.9 cm³/mol. The lowest BCUT2D eigenvalue weighted by molar-refractivity contribution is 0.177. The van der Waals surface area contributed by atoms with Gasteiger partial charge in [-0.05, 0) is 18.6 Å².